The molecule has 1 aliphatic heterocycles. The Bertz CT molecular complexity index is 224. The van der Waals surface area contributed by atoms with E-state index < -0.39 is 24.7 Å². The lowest BCUT2D eigenvalue weighted by molar-refractivity contribution is -0.355. The van der Waals surface area contributed by atoms with Gasteiger partial charge < -0.3 is 4.74 Å². The van der Waals surface area contributed by atoms with Crippen LogP contribution in [0.15, 0.2) is 12.7 Å². The first-order valence-corrected chi connectivity index (χ1v) is 3.15. The largest absolute Gasteiger partial charge is 0.447 e. The summed E-state index contributed by atoms with van der Waals surface area (Å²) in [6.07, 6.45) is -8.83. The van der Waals surface area contributed by atoms with Gasteiger partial charge in [0.25, 0.3) is 5.79 Å². The van der Waals surface area contributed by atoms with E-state index in [2.05, 4.69) is 16.1 Å². The van der Waals surface area contributed by atoms with Crippen LogP contribution in [0, 0.1) is 0 Å². The molecule has 0 N–H and O–H groups in total. The molecule has 0 aromatic heterocycles. The van der Waals surface area contributed by atoms with Crippen molar-refractivity contribution in [3.8, 4) is 0 Å². The number of halogens is 5. The van der Waals surface area contributed by atoms with Gasteiger partial charge in [-0.25, -0.2) is 0 Å². The summed E-state index contributed by atoms with van der Waals surface area (Å²) in [6.45, 7) is 1.31. The lowest BCUT2D eigenvalue weighted by Crippen LogP contribution is -2.45. The zero-order valence-corrected chi connectivity index (χ0v) is 6.20. The fraction of sp³-hybridized carbons (Fsp3) is 0.667. The van der Waals surface area contributed by atoms with Gasteiger partial charge in [-0.3, -0.25) is 4.74 Å². The van der Waals surface area contributed by atoms with Crippen LogP contribution in [-0.4, -0.2) is 24.7 Å². The molecule has 1 heterocycles. The van der Waals surface area contributed by atoms with Crippen LogP contribution in [0.3, 0.4) is 0 Å². The van der Waals surface area contributed by atoms with Gasteiger partial charge in [0, 0.05) is 0 Å². The summed E-state index contributed by atoms with van der Waals surface area (Å²) in [5.74, 6) is -3.38. The zero-order chi connectivity index (χ0) is 10.3. The monoisotopic (exact) mass is 204 g/mol. The standard InChI is InChI=1S/C6H5F5O2/c1-2-4(6(9,10)11)12-3-5(7,8)13-4/h2H,1,3H2. The van der Waals surface area contributed by atoms with Gasteiger partial charge in [-0.15, -0.1) is 0 Å². The van der Waals surface area contributed by atoms with Crippen LogP contribution >= 0.6 is 0 Å². The van der Waals surface area contributed by atoms with Crippen LogP contribution in [0.4, 0.5) is 22.0 Å². The quantitative estimate of drug-likeness (QED) is 0.480. The highest BCUT2D eigenvalue weighted by molar-refractivity contribution is 4.99. The normalized spacial score (nSPS) is 33.3. The van der Waals surface area contributed by atoms with Gasteiger partial charge in [0.2, 0.25) is 0 Å². The molecule has 0 aromatic carbocycles. The Morgan fingerprint density at radius 3 is 2.00 bits per heavy atom. The van der Waals surface area contributed by atoms with Crippen LogP contribution in [0.5, 0.6) is 0 Å². The Kier molecular flexibility index (Phi) is 2.12. The van der Waals surface area contributed by atoms with E-state index in [0.717, 1.165) is 0 Å². The zero-order valence-electron chi connectivity index (χ0n) is 6.20. The Hall–Kier alpha value is -0.690. The Morgan fingerprint density at radius 1 is 1.31 bits per heavy atom. The van der Waals surface area contributed by atoms with E-state index in [0.29, 0.717) is 0 Å². The smallest absolute Gasteiger partial charge is 0.330 e. The molecule has 0 aliphatic carbocycles. The molecule has 0 aromatic rings. The van der Waals surface area contributed by atoms with E-state index in [1.807, 2.05) is 0 Å². The first-order chi connectivity index (χ1) is 5.72. The topological polar surface area (TPSA) is 18.5 Å². The minimum absolute atomic E-state index is 0.161. The summed E-state index contributed by atoms with van der Waals surface area (Å²) in [5, 5.41) is 0. The van der Waals surface area contributed by atoms with Crippen molar-refractivity contribution in [1.29, 1.82) is 0 Å². The molecule has 1 atom stereocenters. The fourth-order valence-corrected chi connectivity index (χ4v) is 0.828. The maximum absolute atomic E-state index is 12.3. The molecule has 1 rings (SSSR count). The van der Waals surface area contributed by atoms with Crippen LogP contribution in [0.2, 0.25) is 0 Å². The molecule has 0 spiro atoms. The van der Waals surface area contributed by atoms with E-state index in [4.69, 9.17) is 0 Å². The minimum Gasteiger partial charge on any atom is -0.330 e. The second kappa shape index (κ2) is 2.65. The van der Waals surface area contributed by atoms with E-state index >= 15 is 0 Å². The molecule has 1 unspecified atom stereocenters. The predicted molar refractivity (Wildman–Crippen MR) is 31.0 cm³/mol. The van der Waals surface area contributed by atoms with Crippen LogP contribution in [0.1, 0.15) is 0 Å². The molecule has 2 nitrogen and oxygen atoms in total. The van der Waals surface area contributed by atoms with Crippen LogP contribution < -0.4 is 0 Å². The summed E-state index contributed by atoms with van der Waals surface area (Å²) in [7, 11) is 0. The average molecular weight is 204 g/mol. The molecule has 7 heteroatoms. The molecule has 0 amide bonds. The highest BCUT2D eigenvalue weighted by Crippen LogP contribution is 2.44. The Morgan fingerprint density at radius 2 is 1.85 bits per heavy atom. The lowest BCUT2D eigenvalue weighted by Gasteiger charge is -2.25. The Labute approximate surface area is 69.9 Å². The van der Waals surface area contributed by atoms with Gasteiger partial charge in [0.15, 0.2) is 0 Å². The third-order valence-corrected chi connectivity index (χ3v) is 1.42. The van der Waals surface area contributed by atoms with Gasteiger partial charge >= 0.3 is 12.3 Å². The van der Waals surface area contributed by atoms with Crippen molar-refractivity contribution in [3.63, 3.8) is 0 Å². The summed E-state index contributed by atoms with van der Waals surface area (Å²) in [5.41, 5.74) is 0. The molecule has 0 bridgehead atoms. The van der Waals surface area contributed by atoms with Crippen molar-refractivity contribution in [2.45, 2.75) is 18.1 Å². The molecule has 1 saturated heterocycles. The SMILES string of the molecule is C=CC1(C(F)(F)F)OCC(F)(F)O1. The van der Waals surface area contributed by atoms with Crippen molar-refractivity contribution in [2.24, 2.45) is 0 Å². The van der Waals surface area contributed by atoms with E-state index in [1.54, 1.807) is 0 Å². The average Bonchev–Trinajstić information content (AvgIpc) is 2.26. The van der Waals surface area contributed by atoms with Crippen molar-refractivity contribution >= 4 is 0 Å². The second-order valence-electron chi connectivity index (χ2n) is 2.40. The van der Waals surface area contributed by atoms with Crippen molar-refractivity contribution in [1.82, 2.24) is 0 Å². The number of rotatable bonds is 1. The number of hydrogen-bond donors (Lipinski definition) is 0. The van der Waals surface area contributed by atoms with Gasteiger partial charge in [-0.2, -0.15) is 22.0 Å². The van der Waals surface area contributed by atoms with Gasteiger partial charge in [0.05, 0.1) is 0 Å². The van der Waals surface area contributed by atoms with Crippen LogP contribution in [-0.2, 0) is 9.47 Å². The van der Waals surface area contributed by atoms with E-state index in [1.165, 1.54) is 0 Å². The molecule has 0 radical (unpaired) electrons. The molecular formula is C6H5F5O2. The third kappa shape index (κ3) is 1.66. The summed E-state index contributed by atoms with van der Waals surface area (Å²) in [4.78, 5) is 0. The van der Waals surface area contributed by atoms with Crippen molar-refractivity contribution in [2.75, 3.05) is 6.61 Å². The lowest BCUT2D eigenvalue weighted by atomic mass is 10.3. The van der Waals surface area contributed by atoms with Crippen LogP contribution in [0.25, 0.3) is 0 Å². The molecule has 1 fully saturated rings. The van der Waals surface area contributed by atoms with Crippen molar-refractivity contribution in [3.05, 3.63) is 12.7 Å². The summed E-state index contributed by atoms with van der Waals surface area (Å²) >= 11 is 0. The molecule has 13 heavy (non-hydrogen) atoms. The molecule has 1 aliphatic rings. The van der Waals surface area contributed by atoms with Gasteiger partial charge in [-0.05, 0) is 6.08 Å². The fourth-order valence-electron chi connectivity index (χ4n) is 0.828. The summed E-state index contributed by atoms with van der Waals surface area (Å²) in [6, 6.07) is 0. The molecular weight excluding hydrogens is 199 g/mol. The highest BCUT2D eigenvalue weighted by Gasteiger charge is 2.65. The number of hydrogen-bond acceptors (Lipinski definition) is 2. The predicted octanol–water partition coefficient (Wildman–Crippen LogP) is 2.07. The Balaban J connectivity index is 2.93. The number of alkyl halides is 5. The number of ether oxygens (including phenoxy) is 2. The van der Waals surface area contributed by atoms with Gasteiger partial charge in [-0.1, -0.05) is 6.58 Å². The first kappa shape index (κ1) is 10.4. The maximum Gasteiger partial charge on any atom is 0.447 e. The molecule has 0 saturated carbocycles. The minimum atomic E-state index is -5.06. The van der Waals surface area contributed by atoms with E-state index in [-0.39, 0.29) is 6.08 Å². The second-order valence-corrected chi connectivity index (χ2v) is 2.40. The third-order valence-electron chi connectivity index (χ3n) is 1.42. The summed E-state index contributed by atoms with van der Waals surface area (Å²) < 4.78 is 68.1. The van der Waals surface area contributed by atoms with Crippen molar-refractivity contribution < 1.29 is 31.4 Å². The maximum atomic E-state index is 12.3. The molecule has 76 valence electrons. The highest BCUT2D eigenvalue weighted by atomic mass is 19.4. The van der Waals surface area contributed by atoms with Gasteiger partial charge in [0.1, 0.15) is 6.61 Å². The van der Waals surface area contributed by atoms with E-state index in [9.17, 15) is 22.0 Å². The first-order valence-electron chi connectivity index (χ1n) is 3.15.